The summed E-state index contributed by atoms with van der Waals surface area (Å²) in [6, 6.07) is 17.9. The highest BCUT2D eigenvalue weighted by atomic mass is 127. The number of rotatable bonds is 10. The monoisotopic (exact) mass is 499 g/mol. The number of aliphatic imine (C=N–C) groups is 1. The summed E-state index contributed by atoms with van der Waals surface area (Å²) in [5.74, 6) is 1.52. The lowest BCUT2D eigenvalue weighted by Gasteiger charge is -2.18. The molecular weight excluding hydrogens is 469 g/mol. The van der Waals surface area contributed by atoms with Gasteiger partial charge in [-0.2, -0.15) is 0 Å². The fourth-order valence-electron chi connectivity index (χ4n) is 2.63. The van der Waals surface area contributed by atoms with Gasteiger partial charge >= 0.3 is 0 Å². The van der Waals surface area contributed by atoms with Gasteiger partial charge in [0.05, 0.1) is 13.2 Å². The van der Waals surface area contributed by atoms with E-state index in [4.69, 9.17) is 9.47 Å². The molecule has 0 radical (unpaired) electrons. The molecular formula is C21H30IN3O3. The fourth-order valence-corrected chi connectivity index (χ4v) is 2.63. The minimum Gasteiger partial charge on any atom is -0.491 e. The van der Waals surface area contributed by atoms with Crippen molar-refractivity contribution in [3.05, 3.63) is 65.7 Å². The number of halogens is 1. The van der Waals surface area contributed by atoms with E-state index in [1.54, 1.807) is 14.2 Å². The Hall–Kier alpha value is -1.84. The molecule has 0 aromatic heterocycles. The Bertz CT molecular complexity index is 698. The van der Waals surface area contributed by atoms with E-state index in [0.29, 0.717) is 32.3 Å². The lowest BCUT2D eigenvalue weighted by Crippen LogP contribution is -2.39. The van der Waals surface area contributed by atoms with Gasteiger partial charge in [0.2, 0.25) is 0 Å². The maximum Gasteiger partial charge on any atom is 0.191 e. The molecule has 2 aromatic rings. The molecule has 7 heteroatoms. The van der Waals surface area contributed by atoms with Crippen LogP contribution in [0.5, 0.6) is 5.75 Å². The second-order valence-electron chi connectivity index (χ2n) is 6.09. The molecule has 1 atom stereocenters. The molecule has 0 aliphatic rings. The van der Waals surface area contributed by atoms with Gasteiger partial charge in [0.25, 0.3) is 0 Å². The van der Waals surface area contributed by atoms with Crippen molar-refractivity contribution in [1.82, 2.24) is 10.6 Å². The van der Waals surface area contributed by atoms with Gasteiger partial charge in [-0.25, -0.2) is 0 Å². The number of guanidine groups is 1. The SMILES string of the molecule is CN=C(NCc1cccc(OCCOC)c1)NCC(CO)c1ccccc1.I. The Labute approximate surface area is 184 Å². The molecule has 3 N–H and O–H groups in total. The zero-order valence-electron chi connectivity index (χ0n) is 16.4. The number of nitrogens with zero attached hydrogens (tertiary/aromatic N) is 1. The van der Waals surface area contributed by atoms with Crippen LogP contribution in [-0.4, -0.2) is 51.6 Å². The second kappa shape index (κ2) is 14.2. The summed E-state index contributed by atoms with van der Waals surface area (Å²) >= 11 is 0. The Morgan fingerprint density at radius 2 is 1.86 bits per heavy atom. The molecule has 0 saturated carbocycles. The van der Waals surface area contributed by atoms with Crippen LogP contribution >= 0.6 is 24.0 Å². The number of methoxy groups -OCH3 is 1. The molecule has 0 bridgehead atoms. The topological polar surface area (TPSA) is 75.1 Å². The number of nitrogens with one attached hydrogen (secondary N) is 2. The van der Waals surface area contributed by atoms with Gasteiger partial charge < -0.3 is 25.2 Å². The summed E-state index contributed by atoms with van der Waals surface area (Å²) < 4.78 is 10.6. The Morgan fingerprint density at radius 3 is 2.54 bits per heavy atom. The molecule has 0 aliphatic carbocycles. The average Bonchev–Trinajstić information content (AvgIpc) is 2.72. The van der Waals surface area contributed by atoms with Crippen LogP contribution in [0.15, 0.2) is 59.6 Å². The first-order valence-corrected chi connectivity index (χ1v) is 9.07. The number of hydrogen-bond acceptors (Lipinski definition) is 4. The van der Waals surface area contributed by atoms with E-state index < -0.39 is 0 Å². The Kier molecular flexibility index (Phi) is 12.3. The zero-order valence-corrected chi connectivity index (χ0v) is 18.8. The van der Waals surface area contributed by atoms with E-state index >= 15 is 0 Å². The third kappa shape index (κ3) is 8.45. The van der Waals surface area contributed by atoms with Crippen molar-refractivity contribution in [3.8, 4) is 5.75 Å². The molecule has 0 saturated heterocycles. The zero-order chi connectivity index (χ0) is 19.3. The van der Waals surface area contributed by atoms with Crippen molar-refractivity contribution in [2.45, 2.75) is 12.5 Å². The quantitative estimate of drug-likeness (QED) is 0.203. The summed E-state index contributed by atoms with van der Waals surface area (Å²) in [5, 5.41) is 16.2. The number of benzene rings is 2. The molecule has 6 nitrogen and oxygen atoms in total. The molecule has 154 valence electrons. The predicted molar refractivity (Wildman–Crippen MR) is 124 cm³/mol. The third-order valence-electron chi connectivity index (χ3n) is 4.15. The number of aliphatic hydroxyl groups is 1. The molecule has 2 rings (SSSR count). The van der Waals surface area contributed by atoms with Crippen LogP contribution in [0.3, 0.4) is 0 Å². The van der Waals surface area contributed by atoms with Crippen LogP contribution < -0.4 is 15.4 Å². The minimum atomic E-state index is 0. The van der Waals surface area contributed by atoms with E-state index in [1.807, 2.05) is 54.6 Å². The van der Waals surface area contributed by atoms with Gasteiger partial charge in [-0.05, 0) is 23.3 Å². The van der Waals surface area contributed by atoms with Crippen LogP contribution in [-0.2, 0) is 11.3 Å². The average molecular weight is 499 g/mol. The molecule has 1 unspecified atom stereocenters. The highest BCUT2D eigenvalue weighted by Gasteiger charge is 2.10. The number of hydrogen-bond donors (Lipinski definition) is 3. The summed E-state index contributed by atoms with van der Waals surface area (Å²) in [6.45, 7) is 2.39. The molecule has 0 amide bonds. The van der Waals surface area contributed by atoms with Crippen LogP contribution in [0.25, 0.3) is 0 Å². The maximum absolute atomic E-state index is 9.67. The van der Waals surface area contributed by atoms with E-state index in [-0.39, 0.29) is 36.5 Å². The molecule has 0 heterocycles. The standard InChI is InChI=1S/C21H29N3O3.HI/c1-22-21(24-15-19(16-25)18-8-4-3-5-9-18)23-14-17-7-6-10-20(13-17)27-12-11-26-2;/h3-10,13,19,25H,11-12,14-16H2,1-2H3,(H2,22,23,24);1H. The third-order valence-corrected chi connectivity index (χ3v) is 4.15. The second-order valence-corrected chi connectivity index (χ2v) is 6.09. The van der Waals surface area contributed by atoms with Gasteiger partial charge in [0.1, 0.15) is 12.4 Å². The normalized spacial score (nSPS) is 12.0. The van der Waals surface area contributed by atoms with E-state index in [0.717, 1.165) is 16.9 Å². The van der Waals surface area contributed by atoms with Crippen molar-refractivity contribution < 1.29 is 14.6 Å². The summed E-state index contributed by atoms with van der Waals surface area (Å²) in [4.78, 5) is 4.25. The predicted octanol–water partition coefficient (Wildman–Crippen LogP) is 2.77. The van der Waals surface area contributed by atoms with Gasteiger partial charge in [0, 0.05) is 33.2 Å². The fraction of sp³-hybridized carbons (Fsp3) is 0.381. The molecule has 0 fully saturated rings. The maximum atomic E-state index is 9.67. The van der Waals surface area contributed by atoms with E-state index in [2.05, 4.69) is 15.6 Å². The molecule has 28 heavy (non-hydrogen) atoms. The van der Waals surface area contributed by atoms with Crippen LogP contribution in [0.2, 0.25) is 0 Å². The lowest BCUT2D eigenvalue weighted by atomic mass is 10.0. The van der Waals surface area contributed by atoms with Crippen LogP contribution in [0.1, 0.15) is 17.0 Å². The van der Waals surface area contributed by atoms with Crippen molar-refractivity contribution in [3.63, 3.8) is 0 Å². The Balaban J connectivity index is 0.00000392. The van der Waals surface area contributed by atoms with Crippen molar-refractivity contribution >= 4 is 29.9 Å². The largest absolute Gasteiger partial charge is 0.491 e. The summed E-state index contributed by atoms with van der Waals surface area (Å²) in [7, 11) is 3.39. The molecule has 2 aromatic carbocycles. The smallest absolute Gasteiger partial charge is 0.191 e. The van der Waals surface area contributed by atoms with Gasteiger partial charge in [-0.1, -0.05) is 42.5 Å². The highest BCUT2D eigenvalue weighted by Crippen LogP contribution is 2.14. The van der Waals surface area contributed by atoms with Gasteiger partial charge in [-0.3, -0.25) is 4.99 Å². The first-order chi connectivity index (χ1) is 13.3. The van der Waals surface area contributed by atoms with Gasteiger partial charge in [0.15, 0.2) is 5.96 Å². The Morgan fingerprint density at radius 1 is 1.07 bits per heavy atom. The van der Waals surface area contributed by atoms with Gasteiger partial charge in [-0.15, -0.1) is 24.0 Å². The molecule has 0 aliphatic heterocycles. The van der Waals surface area contributed by atoms with E-state index in [9.17, 15) is 5.11 Å². The van der Waals surface area contributed by atoms with Crippen LogP contribution in [0.4, 0.5) is 0 Å². The number of aliphatic hydroxyl groups excluding tert-OH is 1. The van der Waals surface area contributed by atoms with Crippen molar-refractivity contribution in [1.29, 1.82) is 0 Å². The summed E-state index contributed by atoms with van der Waals surface area (Å²) in [6.07, 6.45) is 0. The van der Waals surface area contributed by atoms with E-state index in [1.165, 1.54) is 0 Å². The molecule has 0 spiro atoms. The van der Waals surface area contributed by atoms with Crippen molar-refractivity contribution in [2.75, 3.05) is 40.5 Å². The first kappa shape index (κ1) is 24.2. The van der Waals surface area contributed by atoms with Crippen LogP contribution in [0, 0.1) is 0 Å². The highest BCUT2D eigenvalue weighted by molar-refractivity contribution is 14.0. The first-order valence-electron chi connectivity index (χ1n) is 9.07. The summed E-state index contributed by atoms with van der Waals surface area (Å²) in [5.41, 5.74) is 2.19. The number of ether oxygens (including phenoxy) is 2. The lowest BCUT2D eigenvalue weighted by molar-refractivity contribution is 0.146. The minimum absolute atomic E-state index is 0. The van der Waals surface area contributed by atoms with Crippen molar-refractivity contribution in [2.24, 2.45) is 4.99 Å².